The van der Waals surface area contributed by atoms with E-state index in [2.05, 4.69) is 5.32 Å². The number of carbonyl (C=O) groups excluding carboxylic acids is 1. The maximum absolute atomic E-state index is 13.9. The Morgan fingerprint density at radius 2 is 1.84 bits per heavy atom. The van der Waals surface area contributed by atoms with E-state index in [0.717, 1.165) is 5.56 Å². The molecule has 1 atom stereocenters. The first-order valence-corrected chi connectivity index (χ1v) is 8.45. The second kappa shape index (κ2) is 6.83. The number of urea groups is 1. The van der Waals surface area contributed by atoms with Gasteiger partial charge in [0.25, 0.3) is 0 Å². The third-order valence-electron chi connectivity index (χ3n) is 4.28. The molecule has 0 aliphatic carbocycles. The summed E-state index contributed by atoms with van der Waals surface area (Å²) >= 11 is 12.2. The third kappa shape index (κ3) is 3.59. The smallest absolute Gasteiger partial charge is 0.325 e. The molecule has 3 rings (SSSR count). The molecule has 2 aromatic carbocycles. The number of amides is 2. The summed E-state index contributed by atoms with van der Waals surface area (Å²) < 4.78 is 19.7. The molecule has 4 nitrogen and oxygen atoms in total. The Morgan fingerprint density at radius 1 is 1.20 bits per heavy atom. The molecule has 0 radical (unpaired) electrons. The zero-order chi connectivity index (χ0) is 18.2. The van der Waals surface area contributed by atoms with Crippen molar-refractivity contribution >= 4 is 34.9 Å². The number of anilines is 1. The molecule has 0 spiro atoms. The molecule has 25 heavy (non-hydrogen) atoms. The van der Waals surface area contributed by atoms with E-state index in [9.17, 15) is 9.18 Å². The normalized spacial score (nSPS) is 18.2. The number of hydrogen-bond donors (Lipinski definition) is 1. The number of benzene rings is 2. The minimum absolute atomic E-state index is 0.0604. The van der Waals surface area contributed by atoms with Crippen molar-refractivity contribution in [3.63, 3.8) is 0 Å². The van der Waals surface area contributed by atoms with Crippen LogP contribution in [0.15, 0.2) is 42.5 Å². The molecule has 0 aromatic heterocycles. The predicted molar refractivity (Wildman–Crippen MR) is 96.6 cm³/mol. The van der Waals surface area contributed by atoms with Gasteiger partial charge in [0.05, 0.1) is 5.69 Å². The Hall–Kier alpha value is -1.82. The van der Waals surface area contributed by atoms with Gasteiger partial charge in [0.2, 0.25) is 0 Å². The highest BCUT2D eigenvalue weighted by Gasteiger charge is 2.39. The van der Waals surface area contributed by atoms with Gasteiger partial charge in [-0.15, -0.1) is 0 Å². The monoisotopic (exact) mass is 382 g/mol. The van der Waals surface area contributed by atoms with Crippen LogP contribution in [0.1, 0.15) is 19.4 Å². The van der Waals surface area contributed by atoms with Crippen LogP contribution in [0.4, 0.5) is 14.9 Å². The first-order chi connectivity index (χ1) is 11.8. The highest BCUT2D eigenvalue weighted by Crippen LogP contribution is 2.34. The fraction of sp³-hybridized carbons (Fsp3) is 0.278. The van der Waals surface area contributed by atoms with Crippen molar-refractivity contribution in [3.05, 3.63) is 63.9 Å². The Kier molecular flexibility index (Phi) is 4.91. The van der Waals surface area contributed by atoms with Crippen LogP contribution in [-0.2, 0) is 10.2 Å². The lowest BCUT2D eigenvalue weighted by atomic mass is 9.82. The minimum atomic E-state index is -0.613. The van der Waals surface area contributed by atoms with E-state index in [1.165, 1.54) is 17.0 Å². The Labute approximate surface area is 155 Å². The molecule has 1 fully saturated rings. The summed E-state index contributed by atoms with van der Waals surface area (Å²) in [6.45, 7) is 3.77. The molecule has 1 aliphatic rings. The molecule has 2 amide bonds. The van der Waals surface area contributed by atoms with E-state index < -0.39 is 23.5 Å². The van der Waals surface area contributed by atoms with E-state index in [4.69, 9.17) is 27.9 Å². The van der Waals surface area contributed by atoms with Crippen LogP contribution in [0.25, 0.3) is 0 Å². The first kappa shape index (κ1) is 18.0. The van der Waals surface area contributed by atoms with Crippen LogP contribution in [0.5, 0.6) is 0 Å². The van der Waals surface area contributed by atoms with Crippen LogP contribution in [0.3, 0.4) is 0 Å². The number of ether oxygens (including phenoxy) is 1. The molecular formula is C18H17Cl2FN2O2. The van der Waals surface area contributed by atoms with E-state index in [-0.39, 0.29) is 12.4 Å². The second-order valence-corrected chi connectivity index (χ2v) is 7.26. The highest BCUT2D eigenvalue weighted by molar-refractivity contribution is 6.34. The standard InChI is InChI=1S/C18H17Cl2FN2O2/c1-18(2,11-7-12(19)9-13(20)8-11)16-22-17(24)23(10-25-16)15-6-4-3-5-14(15)21/h3-9,16H,10H2,1-2H3,(H,22,24). The van der Waals surface area contributed by atoms with E-state index in [1.54, 1.807) is 30.3 Å². The average molecular weight is 383 g/mol. The van der Waals surface area contributed by atoms with Crippen LogP contribution in [0, 0.1) is 5.82 Å². The summed E-state index contributed by atoms with van der Waals surface area (Å²) in [5.74, 6) is -0.486. The predicted octanol–water partition coefficient (Wildman–Crippen LogP) is 4.94. The van der Waals surface area contributed by atoms with Crippen molar-refractivity contribution in [3.8, 4) is 0 Å². The molecular weight excluding hydrogens is 366 g/mol. The zero-order valence-corrected chi connectivity index (χ0v) is 15.2. The summed E-state index contributed by atoms with van der Waals surface area (Å²) in [6.07, 6.45) is -0.613. The average Bonchev–Trinajstić information content (AvgIpc) is 2.54. The summed E-state index contributed by atoms with van der Waals surface area (Å²) in [5.41, 5.74) is 0.405. The Balaban J connectivity index is 1.82. The summed E-state index contributed by atoms with van der Waals surface area (Å²) in [5, 5.41) is 3.79. The number of rotatable bonds is 3. The van der Waals surface area contributed by atoms with Crippen molar-refractivity contribution in [1.29, 1.82) is 0 Å². The molecule has 1 saturated heterocycles. The van der Waals surface area contributed by atoms with Crippen LogP contribution < -0.4 is 10.2 Å². The molecule has 2 aromatic rings. The van der Waals surface area contributed by atoms with E-state index in [1.807, 2.05) is 13.8 Å². The molecule has 7 heteroatoms. The molecule has 1 heterocycles. The SMILES string of the molecule is CC(C)(c1cc(Cl)cc(Cl)c1)C1NC(=O)N(c2ccccc2F)CO1. The fourth-order valence-electron chi connectivity index (χ4n) is 2.75. The highest BCUT2D eigenvalue weighted by atomic mass is 35.5. The molecule has 1 N–H and O–H groups in total. The third-order valence-corrected chi connectivity index (χ3v) is 4.71. The van der Waals surface area contributed by atoms with Gasteiger partial charge in [-0.25, -0.2) is 9.18 Å². The van der Waals surface area contributed by atoms with Gasteiger partial charge in [0.15, 0.2) is 0 Å². The fourth-order valence-corrected chi connectivity index (χ4v) is 3.28. The number of hydrogen-bond acceptors (Lipinski definition) is 2. The van der Waals surface area contributed by atoms with Gasteiger partial charge < -0.3 is 10.1 Å². The second-order valence-electron chi connectivity index (χ2n) is 6.38. The molecule has 0 bridgehead atoms. The lowest BCUT2D eigenvalue weighted by Crippen LogP contribution is -2.59. The van der Waals surface area contributed by atoms with Crippen LogP contribution in [-0.4, -0.2) is 19.0 Å². The quantitative estimate of drug-likeness (QED) is 0.816. The Morgan fingerprint density at radius 3 is 2.44 bits per heavy atom. The van der Waals surface area contributed by atoms with E-state index in [0.29, 0.717) is 10.0 Å². The van der Waals surface area contributed by atoms with Crippen molar-refractivity contribution in [2.24, 2.45) is 0 Å². The molecule has 132 valence electrons. The van der Waals surface area contributed by atoms with Crippen molar-refractivity contribution in [2.75, 3.05) is 11.6 Å². The van der Waals surface area contributed by atoms with Crippen molar-refractivity contribution in [2.45, 2.75) is 25.5 Å². The topological polar surface area (TPSA) is 41.6 Å². The molecule has 1 aliphatic heterocycles. The van der Waals surface area contributed by atoms with Crippen molar-refractivity contribution < 1.29 is 13.9 Å². The van der Waals surface area contributed by atoms with Gasteiger partial charge in [-0.2, -0.15) is 0 Å². The molecule has 1 unspecified atom stereocenters. The van der Waals surface area contributed by atoms with Crippen LogP contribution >= 0.6 is 23.2 Å². The maximum atomic E-state index is 13.9. The van der Waals surface area contributed by atoms with Crippen LogP contribution in [0.2, 0.25) is 10.0 Å². The lowest BCUT2D eigenvalue weighted by Gasteiger charge is -2.41. The molecule has 0 saturated carbocycles. The zero-order valence-electron chi connectivity index (χ0n) is 13.7. The number of carbonyl (C=O) groups is 1. The van der Waals surface area contributed by atoms with Gasteiger partial charge in [0.1, 0.15) is 18.8 Å². The largest absolute Gasteiger partial charge is 0.337 e. The van der Waals surface area contributed by atoms with Gasteiger partial charge in [-0.05, 0) is 35.9 Å². The van der Waals surface area contributed by atoms with Crippen molar-refractivity contribution in [1.82, 2.24) is 5.32 Å². The Bertz CT molecular complexity index is 793. The first-order valence-electron chi connectivity index (χ1n) is 7.70. The summed E-state index contributed by atoms with van der Waals surface area (Å²) in [7, 11) is 0. The lowest BCUT2D eigenvalue weighted by molar-refractivity contribution is -0.0207. The number of nitrogens with zero attached hydrogens (tertiary/aromatic N) is 1. The minimum Gasteiger partial charge on any atom is -0.337 e. The number of nitrogens with one attached hydrogen (secondary N) is 1. The van der Waals surface area contributed by atoms with E-state index >= 15 is 0 Å². The van der Waals surface area contributed by atoms with Gasteiger partial charge >= 0.3 is 6.03 Å². The number of halogens is 3. The van der Waals surface area contributed by atoms with Gasteiger partial charge in [0, 0.05) is 15.5 Å². The summed E-state index contributed by atoms with van der Waals surface area (Å²) in [4.78, 5) is 13.7. The van der Waals surface area contributed by atoms with Gasteiger partial charge in [-0.3, -0.25) is 4.90 Å². The maximum Gasteiger partial charge on any atom is 0.325 e. The van der Waals surface area contributed by atoms with Gasteiger partial charge in [-0.1, -0.05) is 49.2 Å². The number of para-hydroxylation sites is 1. The summed E-state index contributed by atoms with van der Waals surface area (Å²) in [6, 6.07) is 10.8.